The standard InChI is InChI=1S/C35H42N6O6S/c1-22(19-27(42)23-9-5-4-6-10-23)34(48)41-13-7-11-26(41)32(43)37-31-24-20-29(45-2)30(46-3)21-25(24)36-35(38-31)40-16-14-39(15-17-40)33(44)28-12-8-18-47-28/h4-6,9-10,20-22,26,28H,7-8,11-19H2,1-3H3,(H,36,37,38,43)/t22?,26-,28?/m1/s1. The first kappa shape index (κ1) is 33.5. The van der Waals surface area contributed by atoms with Crippen LogP contribution in [-0.4, -0.2) is 108 Å². The Morgan fingerprint density at radius 3 is 2.40 bits per heavy atom. The number of ether oxygens (including phenoxy) is 3. The zero-order valence-corrected chi connectivity index (χ0v) is 28.5. The van der Waals surface area contributed by atoms with Gasteiger partial charge in [0.2, 0.25) is 11.9 Å². The van der Waals surface area contributed by atoms with Gasteiger partial charge in [-0.25, -0.2) is 4.98 Å². The van der Waals surface area contributed by atoms with Gasteiger partial charge in [0.25, 0.3) is 5.91 Å². The Balaban J connectivity index is 1.21. The van der Waals surface area contributed by atoms with Crippen LogP contribution in [0.1, 0.15) is 49.4 Å². The van der Waals surface area contributed by atoms with E-state index in [9.17, 15) is 14.4 Å². The van der Waals surface area contributed by atoms with E-state index in [-0.39, 0.29) is 36.0 Å². The van der Waals surface area contributed by atoms with E-state index in [1.807, 2.05) is 39.8 Å². The zero-order valence-electron chi connectivity index (χ0n) is 27.6. The molecule has 3 aromatic rings. The molecule has 6 rings (SSSR count). The summed E-state index contributed by atoms with van der Waals surface area (Å²) in [6.07, 6.45) is 3.00. The lowest BCUT2D eigenvalue weighted by Crippen LogP contribution is -2.51. The maximum Gasteiger partial charge on any atom is 0.251 e. The molecule has 0 bridgehead atoms. The molecule has 12 nitrogen and oxygen atoms in total. The number of aromatic nitrogens is 2. The van der Waals surface area contributed by atoms with Crippen LogP contribution in [0, 0.1) is 5.92 Å². The Hall–Kier alpha value is -4.36. The fourth-order valence-electron chi connectivity index (χ4n) is 6.68. The number of nitrogens with one attached hydrogen (secondary N) is 1. The first-order chi connectivity index (χ1) is 23.3. The molecule has 0 saturated carbocycles. The van der Waals surface area contributed by atoms with Gasteiger partial charge in [0, 0.05) is 68.7 Å². The molecule has 2 unspecified atom stereocenters. The topological polar surface area (TPSA) is 126 Å². The summed E-state index contributed by atoms with van der Waals surface area (Å²) in [6.45, 7) is 5.32. The fraction of sp³-hybridized carbons (Fsp3) is 0.486. The molecule has 13 heteroatoms. The highest BCUT2D eigenvalue weighted by Crippen LogP contribution is 2.36. The number of anilines is 2. The number of amides is 2. The summed E-state index contributed by atoms with van der Waals surface area (Å²) in [7, 11) is 3.11. The van der Waals surface area contributed by atoms with Crippen molar-refractivity contribution < 1.29 is 28.6 Å². The molecule has 4 heterocycles. The van der Waals surface area contributed by atoms with Crippen molar-refractivity contribution in [2.24, 2.45) is 5.92 Å². The minimum atomic E-state index is -0.507. The van der Waals surface area contributed by atoms with Gasteiger partial charge in [-0.3, -0.25) is 14.4 Å². The monoisotopic (exact) mass is 674 g/mol. The molecule has 1 aromatic heterocycles. The molecule has 2 aromatic carbocycles. The van der Waals surface area contributed by atoms with Crippen molar-refractivity contribution in [3.05, 3.63) is 48.0 Å². The third-order valence-corrected chi connectivity index (χ3v) is 9.99. The molecular formula is C35H42N6O6S. The number of piperazine rings is 1. The van der Waals surface area contributed by atoms with Crippen LogP contribution in [0.3, 0.4) is 0 Å². The van der Waals surface area contributed by atoms with Gasteiger partial charge in [0.05, 0.1) is 24.7 Å². The minimum absolute atomic E-state index is 0.0204. The Kier molecular flexibility index (Phi) is 10.4. The summed E-state index contributed by atoms with van der Waals surface area (Å²) in [5.74, 6) is 1.40. The van der Waals surface area contributed by atoms with Crippen LogP contribution in [0.25, 0.3) is 10.9 Å². The second-order valence-corrected chi connectivity index (χ2v) is 12.9. The summed E-state index contributed by atoms with van der Waals surface area (Å²) >= 11 is 5.87. The van der Waals surface area contributed by atoms with Crippen molar-refractivity contribution in [2.45, 2.75) is 51.2 Å². The number of methoxy groups -OCH3 is 2. The van der Waals surface area contributed by atoms with Crippen LogP contribution in [0.4, 0.5) is 11.8 Å². The predicted molar refractivity (Wildman–Crippen MR) is 186 cm³/mol. The lowest BCUT2D eigenvalue weighted by Gasteiger charge is -2.36. The molecule has 254 valence electrons. The first-order valence-electron chi connectivity index (χ1n) is 16.6. The van der Waals surface area contributed by atoms with E-state index in [0.717, 1.165) is 19.3 Å². The Morgan fingerprint density at radius 2 is 1.71 bits per heavy atom. The number of benzene rings is 2. The van der Waals surface area contributed by atoms with E-state index < -0.39 is 6.04 Å². The average molecular weight is 675 g/mol. The van der Waals surface area contributed by atoms with Crippen LogP contribution >= 0.6 is 12.2 Å². The number of fused-ring (bicyclic) bond motifs is 1. The highest BCUT2D eigenvalue weighted by atomic mass is 32.1. The van der Waals surface area contributed by atoms with E-state index >= 15 is 0 Å². The predicted octanol–water partition coefficient (Wildman–Crippen LogP) is 4.11. The smallest absolute Gasteiger partial charge is 0.251 e. The third-order valence-electron chi connectivity index (χ3n) is 9.36. The lowest BCUT2D eigenvalue weighted by atomic mass is 9.99. The summed E-state index contributed by atoms with van der Waals surface area (Å²) in [6, 6.07) is 12.2. The molecule has 0 spiro atoms. The largest absolute Gasteiger partial charge is 0.493 e. The van der Waals surface area contributed by atoms with E-state index in [1.165, 1.54) is 0 Å². The van der Waals surface area contributed by atoms with Crippen molar-refractivity contribution >= 4 is 57.5 Å². The number of ketones is 1. The fourth-order valence-corrected chi connectivity index (χ4v) is 6.98. The Labute approximate surface area is 285 Å². The summed E-state index contributed by atoms with van der Waals surface area (Å²) < 4.78 is 16.7. The summed E-state index contributed by atoms with van der Waals surface area (Å²) in [5.41, 5.74) is 1.23. The maximum absolute atomic E-state index is 14.0. The summed E-state index contributed by atoms with van der Waals surface area (Å²) in [4.78, 5) is 55.9. The van der Waals surface area contributed by atoms with Crippen molar-refractivity contribution in [1.29, 1.82) is 0 Å². The van der Waals surface area contributed by atoms with Gasteiger partial charge < -0.3 is 34.2 Å². The molecule has 48 heavy (non-hydrogen) atoms. The van der Waals surface area contributed by atoms with E-state index in [4.69, 9.17) is 36.4 Å². The Bertz CT molecular complexity index is 1680. The number of likely N-dealkylation sites (tertiary alicyclic amines) is 1. The van der Waals surface area contributed by atoms with E-state index in [1.54, 1.807) is 38.5 Å². The van der Waals surface area contributed by atoms with Crippen LogP contribution in [0.2, 0.25) is 0 Å². The van der Waals surface area contributed by atoms with Gasteiger partial charge in [-0.1, -0.05) is 49.5 Å². The second kappa shape index (κ2) is 14.8. The number of rotatable bonds is 10. The SMILES string of the molecule is COc1cc2nc(N3CCN(C(=O)C4CCCO4)CC3)nc(NC(=O)[C@H]3CCCN3C(=S)C(C)CC(=O)c3ccccc3)c2cc1OC. The number of carbonyl (C=O) groups is 3. The van der Waals surface area contributed by atoms with Crippen LogP contribution in [-0.2, 0) is 14.3 Å². The summed E-state index contributed by atoms with van der Waals surface area (Å²) in [5, 5.41) is 3.69. The van der Waals surface area contributed by atoms with E-state index in [0.29, 0.717) is 90.5 Å². The second-order valence-electron chi connectivity index (χ2n) is 12.5. The molecule has 0 radical (unpaired) electrons. The highest BCUT2D eigenvalue weighted by molar-refractivity contribution is 7.80. The number of Topliss-reactive ketones (excluding diaryl/α,β-unsaturated/α-hetero) is 1. The number of hydrogen-bond acceptors (Lipinski definition) is 10. The maximum atomic E-state index is 14.0. The third kappa shape index (κ3) is 7.07. The Morgan fingerprint density at radius 1 is 0.979 bits per heavy atom. The minimum Gasteiger partial charge on any atom is -0.493 e. The zero-order chi connectivity index (χ0) is 33.8. The molecule has 0 aliphatic carbocycles. The number of nitrogens with zero attached hydrogens (tertiary/aromatic N) is 5. The molecule has 1 N–H and O–H groups in total. The molecule has 3 fully saturated rings. The average Bonchev–Trinajstić information content (AvgIpc) is 3.84. The van der Waals surface area contributed by atoms with Crippen LogP contribution < -0.4 is 19.7 Å². The van der Waals surface area contributed by atoms with Crippen molar-refractivity contribution in [1.82, 2.24) is 19.8 Å². The molecular weight excluding hydrogens is 632 g/mol. The molecule has 3 saturated heterocycles. The number of thiocarbonyl (C=S) groups is 1. The lowest BCUT2D eigenvalue weighted by molar-refractivity contribution is -0.141. The van der Waals surface area contributed by atoms with E-state index in [2.05, 4.69) is 5.32 Å². The molecule has 3 atom stereocenters. The number of hydrogen-bond donors (Lipinski definition) is 1. The number of carbonyl (C=O) groups excluding carboxylic acids is 3. The molecule has 3 aliphatic rings. The van der Waals surface area contributed by atoms with Gasteiger partial charge in [-0.2, -0.15) is 4.98 Å². The normalized spacial score (nSPS) is 20.1. The van der Waals surface area contributed by atoms with Gasteiger partial charge in [-0.05, 0) is 31.7 Å². The van der Waals surface area contributed by atoms with Crippen molar-refractivity contribution in [2.75, 3.05) is 63.8 Å². The van der Waals surface area contributed by atoms with Gasteiger partial charge >= 0.3 is 0 Å². The van der Waals surface area contributed by atoms with Crippen molar-refractivity contribution in [3.63, 3.8) is 0 Å². The quantitative estimate of drug-likeness (QED) is 0.247. The van der Waals surface area contributed by atoms with Crippen LogP contribution in [0.15, 0.2) is 42.5 Å². The molecule has 2 amide bonds. The van der Waals surface area contributed by atoms with Gasteiger partial charge in [0.1, 0.15) is 18.0 Å². The van der Waals surface area contributed by atoms with Crippen LogP contribution in [0.5, 0.6) is 11.5 Å². The highest BCUT2D eigenvalue weighted by Gasteiger charge is 2.35. The molecule has 3 aliphatic heterocycles. The first-order valence-corrected chi connectivity index (χ1v) is 17.0. The van der Waals surface area contributed by atoms with Gasteiger partial charge in [0.15, 0.2) is 17.3 Å². The van der Waals surface area contributed by atoms with Gasteiger partial charge in [-0.15, -0.1) is 0 Å². The van der Waals surface area contributed by atoms with Crippen molar-refractivity contribution in [3.8, 4) is 11.5 Å².